The third-order valence-corrected chi connectivity index (χ3v) is 5.56. The number of nitrogens with zero attached hydrogens (tertiary/aromatic N) is 2. The molecule has 2 heterocycles. The molecule has 0 fully saturated rings. The quantitative estimate of drug-likeness (QED) is 0.369. The third kappa shape index (κ3) is 1.92. The maximum absolute atomic E-state index is 9.74. The van der Waals surface area contributed by atoms with Crippen LogP contribution in [0.25, 0.3) is 49.3 Å². The molecule has 4 aromatic carbocycles. The van der Waals surface area contributed by atoms with Gasteiger partial charge in [-0.25, -0.2) is 0 Å². The average molecular weight is 357 g/mol. The maximum atomic E-state index is 9.74. The fraction of sp³-hybridized carbons (Fsp3) is 0. The van der Waals surface area contributed by atoms with Crippen molar-refractivity contribution in [2.75, 3.05) is 0 Å². The van der Waals surface area contributed by atoms with Gasteiger partial charge in [-0.05, 0) is 36.4 Å². The van der Waals surface area contributed by atoms with Gasteiger partial charge in [0, 0.05) is 38.3 Å². The molecule has 6 aromatic rings. The van der Waals surface area contributed by atoms with Crippen molar-refractivity contribution in [2.45, 2.75) is 0 Å². The van der Waals surface area contributed by atoms with Crippen LogP contribution in [0.4, 0.5) is 0 Å². The topological polar surface area (TPSA) is 44.5 Å². The van der Waals surface area contributed by atoms with Crippen molar-refractivity contribution < 1.29 is 0 Å². The van der Waals surface area contributed by atoms with Crippen LogP contribution in [0.15, 0.2) is 84.9 Å². The Balaban J connectivity index is 1.79. The van der Waals surface area contributed by atoms with Crippen LogP contribution in [0.5, 0.6) is 0 Å². The molecular formula is C25H15N3. The summed E-state index contributed by atoms with van der Waals surface area (Å²) in [5.74, 6) is 0. The summed E-state index contributed by atoms with van der Waals surface area (Å²) in [6.45, 7) is 0. The molecule has 0 saturated carbocycles. The lowest BCUT2D eigenvalue weighted by molar-refractivity contribution is 1.18. The van der Waals surface area contributed by atoms with E-state index in [1.54, 1.807) is 0 Å². The molecule has 3 heteroatoms. The molecule has 130 valence electrons. The SMILES string of the molecule is N#Cc1cccc2c3ccccc3n(-c3ccc4[nH]c5ccccc5c4c3)c12. The van der Waals surface area contributed by atoms with Crippen LogP contribution in [0.3, 0.4) is 0 Å². The number of aromatic nitrogens is 2. The Morgan fingerprint density at radius 1 is 0.679 bits per heavy atom. The second kappa shape index (κ2) is 5.48. The van der Waals surface area contributed by atoms with E-state index in [-0.39, 0.29) is 0 Å². The summed E-state index contributed by atoms with van der Waals surface area (Å²) in [5, 5.41) is 14.4. The molecule has 28 heavy (non-hydrogen) atoms. The van der Waals surface area contributed by atoms with Gasteiger partial charge in [0.15, 0.2) is 0 Å². The van der Waals surface area contributed by atoms with Gasteiger partial charge >= 0.3 is 0 Å². The van der Waals surface area contributed by atoms with Gasteiger partial charge in [0.05, 0.1) is 16.6 Å². The van der Waals surface area contributed by atoms with E-state index in [9.17, 15) is 5.26 Å². The molecule has 0 aliphatic rings. The number of para-hydroxylation sites is 3. The lowest BCUT2D eigenvalue weighted by Gasteiger charge is -2.09. The number of nitriles is 1. The summed E-state index contributed by atoms with van der Waals surface area (Å²) in [4.78, 5) is 3.49. The number of H-pyrrole nitrogens is 1. The molecule has 3 nitrogen and oxygen atoms in total. The van der Waals surface area contributed by atoms with E-state index in [1.807, 2.05) is 30.3 Å². The van der Waals surface area contributed by atoms with Crippen molar-refractivity contribution in [3.8, 4) is 11.8 Å². The minimum Gasteiger partial charge on any atom is -0.355 e. The molecule has 0 unspecified atom stereocenters. The van der Waals surface area contributed by atoms with Crippen LogP contribution in [0.1, 0.15) is 5.56 Å². The van der Waals surface area contributed by atoms with E-state index < -0.39 is 0 Å². The standard InChI is InChI=1S/C25H15N3/c26-15-16-6-5-9-20-19-8-2-4-11-24(19)28(25(16)20)17-12-13-23-21(14-17)18-7-1-3-10-22(18)27-23/h1-14,27H. The van der Waals surface area contributed by atoms with Crippen molar-refractivity contribution in [1.82, 2.24) is 9.55 Å². The Morgan fingerprint density at radius 3 is 2.32 bits per heavy atom. The number of hydrogen-bond donors (Lipinski definition) is 1. The summed E-state index contributed by atoms with van der Waals surface area (Å²) >= 11 is 0. The fourth-order valence-electron chi connectivity index (χ4n) is 4.35. The number of benzene rings is 4. The van der Waals surface area contributed by atoms with Gasteiger partial charge in [-0.15, -0.1) is 0 Å². The number of fused-ring (bicyclic) bond motifs is 6. The molecule has 6 rings (SSSR count). The lowest BCUT2D eigenvalue weighted by atomic mass is 10.1. The predicted molar refractivity (Wildman–Crippen MR) is 115 cm³/mol. The second-order valence-corrected chi connectivity index (χ2v) is 7.07. The number of nitrogens with one attached hydrogen (secondary N) is 1. The number of hydrogen-bond acceptors (Lipinski definition) is 1. The van der Waals surface area contributed by atoms with E-state index in [4.69, 9.17) is 0 Å². The first-order valence-corrected chi connectivity index (χ1v) is 9.28. The lowest BCUT2D eigenvalue weighted by Crippen LogP contribution is -1.95. The van der Waals surface area contributed by atoms with E-state index in [1.165, 1.54) is 10.8 Å². The highest BCUT2D eigenvalue weighted by atomic mass is 15.0. The summed E-state index contributed by atoms with van der Waals surface area (Å²) in [6.07, 6.45) is 0. The first kappa shape index (κ1) is 15.1. The van der Waals surface area contributed by atoms with E-state index in [0.29, 0.717) is 5.56 Å². The highest BCUT2D eigenvalue weighted by molar-refractivity contribution is 6.12. The van der Waals surface area contributed by atoms with E-state index in [2.05, 4.69) is 70.2 Å². The van der Waals surface area contributed by atoms with Crippen molar-refractivity contribution in [1.29, 1.82) is 5.26 Å². The molecular weight excluding hydrogens is 342 g/mol. The number of rotatable bonds is 1. The van der Waals surface area contributed by atoms with Crippen LogP contribution in [0, 0.1) is 11.3 Å². The van der Waals surface area contributed by atoms with Crippen molar-refractivity contribution in [3.63, 3.8) is 0 Å². The summed E-state index contributed by atoms with van der Waals surface area (Å²) < 4.78 is 2.21. The summed E-state index contributed by atoms with van der Waals surface area (Å²) in [6, 6.07) is 31.5. The van der Waals surface area contributed by atoms with Crippen molar-refractivity contribution in [2.24, 2.45) is 0 Å². The molecule has 0 radical (unpaired) electrons. The molecule has 2 aromatic heterocycles. The summed E-state index contributed by atoms with van der Waals surface area (Å²) in [5.41, 5.74) is 6.07. The Kier molecular flexibility index (Phi) is 2.95. The summed E-state index contributed by atoms with van der Waals surface area (Å²) in [7, 11) is 0. The van der Waals surface area contributed by atoms with Gasteiger partial charge < -0.3 is 9.55 Å². The second-order valence-electron chi connectivity index (χ2n) is 7.07. The van der Waals surface area contributed by atoms with Gasteiger partial charge in [-0.1, -0.05) is 48.5 Å². The van der Waals surface area contributed by atoms with Crippen LogP contribution in [-0.4, -0.2) is 9.55 Å². The smallest absolute Gasteiger partial charge is 0.101 e. The Labute approximate surface area is 161 Å². The molecule has 0 aliphatic carbocycles. The Bertz CT molecular complexity index is 1570. The first-order chi connectivity index (χ1) is 13.8. The van der Waals surface area contributed by atoms with Crippen LogP contribution in [0.2, 0.25) is 0 Å². The zero-order valence-electron chi connectivity index (χ0n) is 15.0. The van der Waals surface area contributed by atoms with Gasteiger partial charge in [-0.2, -0.15) is 5.26 Å². The normalized spacial score (nSPS) is 11.5. The largest absolute Gasteiger partial charge is 0.355 e. The Hall–Kier alpha value is -4.03. The molecule has 0 aliphatic heterocycles. The highest BCUT2D eigenvalue weighted by Gasteiger charge is 2.15. The van der Waals surface area contributed by atoms with Crippen molar-refractivity contribution >= 4 is 43.6 Å². The fourth-order valence-corrected chi connectivity index (χ4v) is 4.35. The van der Waals surface area contributed by atoms with Gasteiger partial charge in [0.2, 0.25) is 0 Å². The predicted octanol–water partition coefficient (Wildman–Crippen LogP) is 6.29. The first-order valence-electron chi connectivity index (χ1n) is 9.28. The minimum absolute atomic E-state index is 0.688. The molecule has 0 saturated heterocycles. The molecule has 0 amide bonds. The van der Waals surface area contributed by atoms with Crippen molar-refractivity contribution in [3.05, 3.63) is 90.5 Å². The zero-order chi connectivity index (χ0) is 18.7. The highest BCUT2D eigenvalue weighted by Crippen LogP contribution is 2.35. The average Bonchev–Trinajstić information content (AvgIpc) is 3.29. The van der Waals surface area contributed by atoms with Crippen LogP contribution >= 0.6 is 0 Å². The molecule has 1 N–H and O–H groups in total. The monoisotopic (exact) mass is 357 g/mol. The van der Waals surface area contributed by atoms with Crippen LogP contribution < -0.4 is 0 Å². The van der Waals surface area contributed by atoms with E-state index in [0.717, 1.165) is 38.5 Å². The van der Waals surface area contributed by atoms with Gasteiger partial charge in [0.25, 0.3) is 0 Å². The van der Waals surface area contributed by atoms with Crippen LogP contribution in [-0.2, 0) is 0 Å². The third-order valence-electron chi connectivity index (χ3n) is 5.56. The van der Waals surface area contributed by atoms with E-state index >= 15 is 0 Å². The maximum Gasteiger partial charge on any atom is 0.101 e. The molecule has 0 spiro atoms. The van der Waals surface area contributed by atoms with Gasteiger partial charge in [0.1, 0.15) is 6.07 Å². The zero-order valence-corrected chi connectivity index (χ0v) is 15.0. The van der Waals surface area contributed by atoms with Gasteiger partial charge in [-0.3, -0.25) is 0 Å². The number of aromatic amines is 1. The molecule has 0 bridgehead atoms. The minimum atomic E-state index is 0.688. The molecule has 0 atom stereocenters. The Morgan fingerprint density at radius 2 is 1.43 bits per heavy atom.